The molecule has 3 rings (SSSR count). The molecule has 1 aliphatic carbocycles. The van der Waals surface area contributed by atoms with Gasteiger partial charge in [0.2, 0.25) is 5.91 Å². The lowest BCUT2D eigenvalue weighted by Crippen LogP contribution is -2.48. The first-order chi connectivity index (χ1) is 16.1. The van der Waals surface area contributed by atoms with E-state index in [1.807, 2.05) is 24.3 Å². The molecule has 2 aromatic rings. The maximum Gasteiger partial charge on any atom is 0.407 e. The number of carboxylic acids is 1. The van der Waals surface area contributed by atoms with Gasteiger partial charge in [-0.1, -0.05) is 48.5 Å². The number of aliphatic carboxylic acids is 1. The quantitative estimate of drug-likeness (QED) is 0.495. The fraction of sp³-hybridized carbons (Fsp3) is 0.423. The highest BCUT2D eigenvalue weighted by Gasteiger charge is 2.30. The smallest absolute Gasteiger partial charge is 0.407 e. The van der Waals surface area contributed by atoms with Crippen LogP contribution in [-0.4, -0.2) is 66.8 Å². The highest BCUT2D eigenvalue weighted by Crippen LogP contribution is 2.44. The van der Waals surface area contributed by atoms with E-state index in [2.05, 4.69) is 34.9 Å². The SMILES string of the molecule is CN(C)CC(NC(=O)CCC(C)(C)NC(=O)OCC1c2ccccc2-c2ccccc21)C(=O)O. The predicted molar refractivity (Wildman–Crippen MR) is 130 cm³/mol. The second-order valence-electron chi connectivity index (χ2n) is 9.56. The highest BCUT2D eigenvalue weighted by molar-refractivity contribution is 5.84. The van der Waals surface area contributed by atoms with Gasteiger partial charge in [-0.15, -0.1) is 0 Å². The summed E-state index contributed by atoms with van der Waals surface area (Å²) in [5.41, 5.74) is 3.89. The molecule has 8 heteroatoms. The largest absolute Gasteiger partial charge is 0.480 e. The van der Waals surface area contributed by atoms with Crippen molar-refractivity contribution in [1.82, 2.24) is 15.5 Å². The predicted octanol–water partition coefficient (Wildman–Crippen LogP) is 3.21. The maximum absolute atomic E-state index is 12.6. The van der Waals surface area contributed by atoms with Crippen LogP contribution in [0.25, 0.3) is 11.1 Å². The van der Waals surface area contributed by atoms with Crippen molar-refractivity contribution in [3.8, 4) is 11.1 Å². The lowest BCUT2D eigenvalue weighted by Gasteiger charge is -2.26. The van der Waals surface area contributed by atoms with Gasteiger partial charge in [-0.2, -0.15) is 0 Å². The van der Waals surface area contributed by atoms with Crippen molar-refractivity contribution in [1.29, 1.82) is 0 Å². The van der Waals surface area contributed by atoms with Gasteiger partial charge in [0, 0.05) is 24.4 Å². The number of carboxylic acid groups (broad SMARTS) is 1. The van der Waals surface area contributed by atoms with Crippen LogP contribution in [0, 0.1) is 0 Å². The first-order valence-corrected chi connectivity index (χ1v) is 11.4. The fourth-order valence-electron chi connectivity index (χ4n) is 4.22. The van der Waals surface area contributed by atoms with Crippen LogP contribution >= 0.6 is 0 Å². The molecule has 1 unspecified atom stereocenters. The van der Waals surface area contributed by atoms with Gasteiger partial charge in [-0.05, 0) is 56.6 Å². The van der Waals surface area contributed by atoms with Crippen molar-refractivity contribution in [3.63, 3.8) is 0 Å². The number of amides is 2. The average molecular weight is 468 g/mol. The fourth-order valence-corrected chi connectivity index (χ4v) is 4.22. The molecule has 0 radical (unpaired) electrons. The number of carbonyl (C=O) groups is 3. The summed E-state index contributed by atoms with van der Waals surface area (Å²) in [4.78, 5) is 37.9. The Kier molecular flexibility index (Phi) is 7.94. The summed E-state index contributed by atoms with van der Waals surface area (Å²) in [6.45, 7) is 4.01. The summed E-state index contributed by atoms with van der Waals surface area (Å²) in [7, 11) is 3.48. The van der Waals surface area contributed by atoms with E-state index in [0.29, 0.717) is 6.42 Å². The Bertz CT molecular complexity index is 1000. The van der Waals surface area contributed by atoms with Crippen LogP contribution in [0.2, 0.25) is 0 Å². The van der Waals surface area contributed by atoms with Gasteiger partial charge in [0.1, 0.15) is 12.6 Å². The van der Waals surface area contributed by atoms with Crippen LogP contribution in [0.5, 0.6) is 0 Å². The molecule has 0 aliphatic heterocycles. The number of rotatable bonds is 10. The Hall–Kier alpha value is -3.39. The molecule has 0 aromatic heterocycles. The minimum Gasteiger partial charge on any atom is -0.480 e. The van der Waals surface area contributed by atoms with Crippen LogP contribution in [0.4, 0.5) is 4.79 Å². The number of fused-ring (bicyclic) bond motifs is 3. The second kappa shape index (κ2) is 10.7. The molecule has 1 atom stereocenters. The molecule has 2 aromatic carbocycles. The Labute approximate surface area is 200 Å². The number of benzene rings is 2. The van der Waals surface area contributed by atoms with Gasteiger partial charge in [0.25, 0.3) is 0 Å². The number of carbonyl (C=O) groups excluding carboxylic acids is 2. The average Bonchev–Trinajstić information content (AvgIpc) is 3.09. The Morgan fingerprint density at radius 2 is 1.59 bits per heavy atom. The van der Waals surface area contributed by atoms with E-state index < -0.39 is 23.6 Å². The van der Waals surface area contributed by atoms with E-state index in [1.54, 1.807) is 32.8 Å². The van der Waals surface area contributed by atoms with Gasteiger partial charge in [0.05, 0.1) is 0 Å². The normalized spacial score (nSPS) is 13.7. The summed E-state index contributed by atoms with van der Waals surface area (Å²) in [5.74, 6) is -1.49. The number of ether oxygens (including phenoxy) is 1. The van der Waals surface area contributed by atoms with Gasteiger partial charge >= 0.3 is 12.1 Å². The zero-order valence-electron chi connectivity index (χ0n) is 20.1. The molecule has 1 aliphatic rings. The topological polar surface area (TPSA) is 108 Å². The molecule has 0 saturated heterocycles. The number of hydrogen-bond acceptors (Lipinski definition) is 5. The van der Waals surface area contributed by atoms with Gasteiger partial charge in [0.15, 0.2) is 0 Å². The van der Waals surface area contributed by atoms with Crippen molar-refractivity contribution in [2.45, 2.75) is 44.2 Å². The maximum atomic E-state index is 12.6. The van der Waals surface area contributed by atoms with Gasteiger partial charge in [-0.3, -0.25) is 4.79 Å². The summed E-state index contributed by atoms with van der Waals surface area (Å²) < 4.78 is 5.59. The van der Waals surface area contributed by atoms with E-state index in [1.165, 1.54) is 0 Å². The number of alkyl carbamates (subject to hydrolysis) is 1. The third-order valence-corrected chi connectivity index (χ3v) is 5.94. The van der Waals surface area contributed by atoms with E-state index in [0.717, 1.165) is 22.3 Å². The van der Waals surface area contributed by atoms with E-state index in [4.69, 9.17) is 4.74 Å². The molecular weight excluding hydrogens is 434 g/mol. The third-order valence-electron chi connectivity index (χ3n) is 5.94. The molecule has 0 bridgehead atoms. The lowest BCUT2D eigenvalue weighted by molar-refractivity contribution is -0.142. The van der Waals surface area contributed by atoms with Gasteiger partial charge in [-0.25, -0.2) is 9.59 Å². The van der Waals surface area contributed by atoms with E-state index in [-0.39, 0.29) is 31.4 Å². The molecule has 0 heterocycles. The van der Waals surface area contributed by atoms with Crippen molar-refractivity contribution in [3.05, 3.63) is 59.7 Å². The second-order valence-corrected chi connectivity index (χ2v) is 9.56. The number of likely N-dealkylation sites (N-methyl/N-ethyl adjacent to an activating group) is 1. The molecule has 8 nitrogen and oxygen atoms in total. The molecule has 3 N–H and O–H groups in total. The van der Waals surface area contributed by atoms with Crippen LogP contribution in [0.15, 0.2) is 48.5 Å². The Morgan fingerprint density at radius 3 is 2.12 bits per heavy atom. The molecule has 182 valence electrons. The molecule has 0 saturated carbocycles. The van der Waals surface area contributed by atoms with Crippen LogP contribution in [0.1, 0.15) is 43.7 Å². The Morgan fingerprint density at radius 1 is 1.03 bits per heavy atom. The Balaban J connectivity index is 1.52. The number of hydrogen-bond donors (Lipinski definition) is 3. The first kappa shape index (κ1) is 25.2. The summed E-state index contributed by atoms with van der Waals surface area (Å²) >= 11 is 0. The minimum absolute atomic E-state index is 0.0308. The number of nitrogens with one attached hydrogen (secondary N) is 2. The van der Waals surface area contributed by atoms with Crippen LogP contribution < -0.4 is 10.6 Å². The molecular formula is C26H33N3O5. The van der Waals surface area contributed by atoms with Crippen molar-refractivity contribution in [2.24, 2.45) is 0 Å². The monoisotopic (exact) mass is 467 g/mol. The zero-order valence-corrected chi connectivity index (χ0v) is 20.1. The van der Waals surface area contributed by atoms with Crippen molar-refractivity contribution in [2.75, 3.05) is 27.2 Å². The van der Waals surface area contributed by atoms with Crippen LogP contribution in [-0.2, 0) is 14.3 Å². The van der Waals surface area contributed by atoms with E-state index >= 15 is 0 Å². The number of nitrogens with zero attached hydrogens (tertiary/aromatic N) is 1. The molecule has 0 fully saturated rings. The highest BCUT2D eigenvalue weighted by atomic mass is 16.5. The third kappa shape index (κ3) is 6.35. The lowest BCUT2D eigenvalue weighted by atomic mass is 9.98. The van der Waals surface area contributed by atoms with Crippen molar-refractivity contribution < 1.29 is 24.2 Å². The summed E-state index contributed by atoms with van der Waals surface area (Å²) in [6.07, 6.45) is -0.145. The van der Waals surface area contributed by atoms with Crippen molar-refractivity contribution >= 4 is 18.0 Å². The summed E-state index contributed by atoms with van der Waals surface area (Å²) in [5, 5.41) is 14.6. The van der Waals surface area contributed by atoms with E-state index in [9.17, 15) is 19.5 Å². The minimum atomic E-state index is -1.09. The zero-order chi connectivity index (χ0) is 24.9. The summed E-state index contributed by atoms with van der Waals surface area (Å²) in [6, 6.07) is 15.3. The standard InChI is InChI=1S/C26H33N3O5/c1-26(2,14-13-23(30)27-22(24(31)32)15-29(3)4)28-25(33)34-16-21-19-11-7-5-9-17(19)18-10-6-8-12-20(18)21/h5-12,21-22H,13-16H2,1-4H3,(H,27,30)(H,28,33)(H,31,32). The molecule has 2 amide bonds. The molecule has 34 heavy (non-hydrogen) atoms. The molecule has 0 spiro atoms. The van der Waals surface area contributed by atoms with Gasteiger partial charge < -0.3 is 25.4 Å². The first-order valence-electron chi connectivity index (χ1n) is 11.4. The van der Waals surface area contributed by atoms with Crippen LogP contribution in [0.3, 0.4) is 0 Å².